The first-order valence-electron chi connectivity index (χ1n) is 2.51. The summed E-state index contributed by atoms with van der Waals surface area (Å²) in [6.07, 6.45) is 0. The molecule has 48 valence electrons. The van der Waals surface area contributed by atoms with E-state index >= 15 is 0 Å². The lowest BCUT2D eigenvalue weighted by Gasteiger charge is -2.13. The summed E-state index contributed by atoms with van der Waals surface area (Å²) in [7, 11) is 0. The molecular formula is C5H11NOS. The number of nitroso groups, excluding NO2 is 1. The van der Waals surface area contributed by atoms with Gasteiger partial charge in [-0.2, -0.15) is 0 Å². The van der Waals surface area contributed by atoms with Crippen molar-refractivity contribution in [3.8, 4) is 0 Å². The fourth-order valence-corrected chi connectivity index (χ4v) is 0.660. The molecule has 2 nitrogen and oxygen atoms in total. The molecule has 0 rings (SSSR count). The van der Waals surface area contributed by atoms with Crippen LogP contribution in [0.1, 0.15) is 20.8 Å². The van der Waals surface area contributed by atoms with E-state index in [9.17, 15) is 4.91 Å². The zero-order chi connectivity index (χ0) is 6.62. The van der Waals surface area contributed by atoms with Gasteiger partial charge in [-0.15, -0.1) is 4.91 Å². The van der Waals surface area contributed by atoms with Crippen LogP contribution in [0.25, 0.3) is 0 Å². The van der Waals surface area contributed by atoms with E-state index in [0.29, 0.717) is 0 Å². The second-order valence-electron chi connectivity index (χ2n) is 2.91. The number of hydrogen-bond acceptors (Lipinski definition) is 3. The van der Waals surface area contributed by atoms with Crippen molar-refractivity contribution in [3.05, 3.63) is 4.91 Å². The lowest BCUT2D eigenvalue weighted by molar-refractivity contribution is 0.481. The summed E-state index contributed by atoms with van der Waals surface area (Å²) < 4.78 is 2.69. The van der Waals surface area contributed by atoms with Crippen molar-refractivity contribution in [2.45, 2.75) is 20.8 Å². The van der Waals surface area contributed by atoms with E-state index in [2.05, 4.69) is 25.4 Å². The molecule has 0 atom stereocenters. The fourth-order valence-electron chi connectivity index (χ4n) is 0.220. The third kappa shape index (κ3) is 5.95. The highest BCUT2D eigenvalue weighted by atomic mass is 32.2. The maximum Gasteiger partial charge on any atom is 0.0235 e. The monoisotopic (exact) mass is 133 g/mol. The van der Waals surface area contributed by atoms with E-state index < -0.39 is 0 Å². The number of rotatable bonds is 2. The Hall–Kier alpha value is -0.0500. The van der Waals surface area contributed by atoms with E-state index in [0.717, 1.165) is 17.7 Å². The van der Waals surface area contributed by atoms with Gasteiger partial charge in [0.15, 0.2) is 0 Å². The zero-order valence-electron chi connectivity index (χ0n) is 5.47. The molecule has 8 heavy (non-hydrogen) atoms. The average molecular weight is 133 g/mol. The molecule has 0 aliphatic rings. The Bertz CT molecular complexity index is 77.0. The Morgan fingerprint density at radius 1 is 1.50 bits per heavy atom. The molecular weight excluding hydrogens is 122 g/mol. The molecule has 0 unspecified atom stereocenters. The van der Waals surface area contributed by atoms with Crippen LogP contribution in [0.3, 0.4) is 0 Å². The number of nitrogens with zero attached hydrogens (tertiary/aromatic N) is 1. The standard InChI is InChI=1S/C5H11NOS/c1-5(2,3)4-8-6-7/h4H2,1-3H3. The summed E-state index contributed by atoms with van der Waals surface area (Å²) in [6, 6.07) is 0. The van der Waals surface area contributed by atoms with Crippen molar-refractivity contribution in [1.82, 2.24) is 0 Å². The van der Waals surface area contributed by atoms with Crippen LogP contribution in [0, 0.1) is 10.3 Å². The van der Waals surface area contributed by atoms with Gasteiger partial charge < -0.3 is 0 Å². The smallest absolute Gasteiger partial charge is 0.0235 e. The lowest BCUT2D eigenvalue weighted by atomic mass is 10.0. The predicted octanol–water partition coefficient (Wildman–Crippen LogP) is 2.45. The molecule has 0 aliphatic carbocycles. The van der Waals surface area contributed by atoms with Gasteiger partial charge >= 0.3 is 0 Å². The van der Waals surface area contributed by atoms with Gasteiger partial charge in [0, 0.05) is 22.3 Å². The van der Waals surface area contributed by atoms with Crippen LogP contribution in [0.4, 0.5) is 0 Å². The van der Waals surface area contributed by atoms with Gasteiger partial charge in [-0.05, 0) is 5.41 Å². The van der Waals surface area contributed by atoms with E-state index in [1.807, 2.05) is 0 Å². The first kappa shape index (κ1) is 7.95. The van der Waals surface area contributed by atoms with Crippen LogP contribution in [-0.4, -0.2) is 5.75 Å². The Morgan fingerprint density at radius 3 is 2.12 bits per heavy atom. The van der Waals surface area contributed by atoms with Crippen LogP contribution in [0.15, 0.2) is 4.58 Å². The summed E-state index contributed by atoms with van der Waals surface area (Å²) >= 11 is 1.08. The molecule has 0 heterocycles. The van der Waals surface area contributed by atoms with Crippen LogP contribution in [0.5, 0.6) is 0 Å². The molecule has 0 N–H and O–H groups in total. The molecule has 0 amide bonds. The summed E-state index contributed by atoms with van der Waals surface area (Å²) in [5, 5.41) is 0. The molecule has 0 radical (unpaired) electrons. The average Bonchev–Trinajstić information content (AvgIpc) is 1.59. The number of hydrogen-bond donors (Lipinski definition) is 0. The van der Waals surface area contributed by atoms with Crippen LogP contribution in [0.2, 0.25) is 0 Å². The topological polar surface area (TPSA) is 29.4 Å². The molecule has 0 spiro atoms. The molecule has 0 aromatic heterocycles. The van der Waals surface area contributed by atoms with Gasteiger partial charge in [0.1, 0.15) is 0 Å². The van der Waals surface area contributed by atoms with E-state index in [1.165, 1.54) is 0 Å². The first-order chi connectivity index (χ1) is 3.56. The van der Waals surface area contributed by atoms with Crippen molar-refractivity contribution >= 4 is 11.9 Å². The quantitative estimate of drug-likeness (QED) is 0.427. The van der Waals surface area contributed by atoms with Gasteiger partial charge in [-0.3, -0.25) is 0 Å². The van der Waals surface area contributed by atoms with Gasteiger partial charge in [0.25, 0.3) is 0 Å². The maximum atomic E-state index is 9.56. The van der Waals surface area contributed by atoms with Gasteiger partial charge in [-0.25, -0.2) is 0 Å². The molecule has 0 fully saturated rings. The second kappa shape index (κ2) is 3.07. The first-order valence-corrected chi connectivity index (χ1v) is 3.45. The normalized spacial score (nSPS) is 11.4. The van der Waals surface area contributed by atoms with E-state index in [1.54, 1.807) is 0 Å². The molecule has 0 aliphatic heterocycles. The SMILES string of the molecule is CC(C)(C)CSN=O. The molecule has 3 heteroatoms. The van der Waals surface area contributed by atoms with Gasteiger partial charge in [-0.1, -0.05) is 20.8 Å². The molecule has 0 aromatic carbocycles. The highest BCUT2D eigenvalue weighted by molar-refractivity contribution is 7.97. The minimum absolute atomic E-state index is 0.221. The maximum absolute atomic E-state index is 9.56. The Morgan fingerprint density at radius 2 is 2.00 bits per heavy atom. The van der Waals surface area contributed by atoms with E-state index in [-0.39, 0.29) is 5.41 Å². The van der Waals surface area contributed by atoms with Crippen molar-refractivity contribution in [3.63, 3.8) is 0 Å². The van der Waals surface area contributed by atoms with Crippen molar-refractivity contribution in [1.29, 1.82) is 0 Å². The highest BCUT2D eigenvalue weighted by Gasteiger charge is 2.09. The predicted molar refractivity (Wildman–Crippen MR) is 37.7 cm³/mol. The summed E-state index contributed by atoms with van der Waals surface area (Å²) in [4.78, 5) is 9.56. The minimum atomic E-state index is 0.221. The largest absolute Gasteiger partial charge is 0.137 e. The second-order valence-corrected chi connectivity index (χ2v) is 3.60. The summed E-state index contributed by atoms with van der Waals surface area (Å²) in [5.74, 6) is 0.802. The Kier molecular flexibility index (Phi) is 3.05. The molecule has 0 saturated heterocycles. The van der Waals surface area contributed by atoms with Crippen molar-refractivity contribution in [2.75, 3.05) is 5.75 Å². The van der Waals surface area contributed by atoms with Crippen LogP contribution < -0.4 is 0 Å². The minimum Gasteiger partial charge on any atom is -0.137 e. The van der Waals surface area contributed by atoms with Gasteiger partial charge in [0.2, 0.25) is 0 Å². The molecule has 0 bridgehead atoms. The third-order valence-corrected chi connectivity index (χ3v) is 1.65. The van der Waals surface area contributed by atoms with E-state index in [4.69, 9.17) is 0 Å². The zero-order valence-corrected chi connectivity index (χ0v) is 6.29. The third-order valence-electron chi connectivity index (χ3n) is 0.550. The Labute approximate surface area is 54.2 Å². The van der Waals surface area contributed by atoms with Crippen LogP contribution in [-0.2, 0) is 0 Å². The van der Waals surface area contributed by atoms with Crippen molar-refractivity contribution < 1.29 is 0 Å². The Balaban J connectivity index is 3.24. The van der Waals surface area contributed by atoms with Crippen LogP contribution >= 0.6 is 11.9 Å². The molecule has 0 saturated carbocycles. The van der Waals surface area contributed by atoms with Gasteiger partial charge in [0.05, 0.1) is 0 Å². The molecule has 0 aromatic rings. The highest BCUT2D eigenvalue weighted by Crippen LogP contribution is 2.20. The summed E-state index contributed by atoms with van der Waals surface area (Å²) in [6.45, 7) is 6.22. The van der Waals surface area contributed by atoms with Crippen molar-refractivity contribution in [2.24, 2.45) is 10.00 Å². The lowest BCUT2D eigenvalue weighted by Crippen LogP contribution is -2.06. The fraction of sp³-hybridized carbons (Fsp3) is 1.00. The summed E-state index contributed by atoms with van der Waals surface area (Å²) in [5.41, 5.74) is 0.221.